The van der Waals surface area contributed by atoms with E-state index in [4.69, 9.17) is 0 Å². The molecule has 2 aromatic carbocycles. The lowest BCUT2D eigenvalue weighted by atomic mass is 10.2. The van der Waals surface area contributed by atoms with E-state index in [1.165, 1.54) is 18.2 Å². The Kier molecular flexibility index (Phi) is 5.98. The zero-order valence-corrected chi connectivity index (χ0v) is 16.8. The Labute approximate surface area is 181 Å². The van der Waals surface area contributed by atoms with Crippen molar-refractivity contribution < 1.29 is 9.18 Å². The van der Waals surface area contributed by atoms with Gasteiger partial charge in [-0.05, 0) is 29.8 Å². The van der Waals surface area contributed by atoms with E-state index in [0.29, 0.717) is 11.3 Å². The molecule has 0 unspecified atom stereocenters. The predicted octanol–water partition coefficient (Wildman–Crippen LogP) is 1.91. The molecule has 0 fully saturated rings. The minimum Gasteiger partial charge on any atom is -0.345 e. The Bertz CT molecular complexity index is 1370. The van der Waals surface area contributed by atoms with Crippen LogP contribution < -0.4 is 16.6 Å². The molecule has 0 atom stereocenters. The molecular formula is C23H18FN5O3. The molecule has 2 heterocycles. The summed E-state index contributed by atoms with van der Waals surface area (Å²) >= 11 is 0. The second kappa shape index (κ2) is 9.17. The summed E-state index contributed by atoms with van der Waals surface area (Å²) in [6.45, 7) is -0.0473. The second-order valence-corrected chi connectivity index (χ2v) is 6.88. The van der Waals surface area contributed by atoms with Gasteiger partial charge in [-0.3, -0.25) is 19.1 Å². The number of hydrogen-bond acceptors (Lipinski definition) is 5. The summed E-state index contributed by atoms with van der Waals surface area (Å²) in [5.41, 5.74) is -1.18. The van der Waals surface area contributed by atoms with Crippen molar-refractivity contribution in [3.05, 3.63) is 123 Å². The monoisotopic (exact) mass is 431 g/mol. The summed E-state index contributed by atoms with van der Waals surface area (Å²) in [4.78, 5) is 43.0. The third-order valence-electron chi connectivity index (χ3n) is 4.70. The summed E-state index contributed by atoms with van der Waals surface area (Å²) in [5.74, 6) is -1.51. The van der Waals surface area contributed by atoms with Crippen LogP contribution in [0.5, 0.6) is 0 Å². The van der Waals surface area contributed by atoms with Gasteiger partial charge in [-0.1, -0.05) is 48.5 Å². The molecule has 0 radical (unpaired) electrons. The third kappa shape index (κ3) is 4.36. The van der Waals surface area contributed by atoms with Gasteiger partial charge in [0.15, 0.2) is 0 Å². The average molecular weight is 431 g/mol. The highest BCUT2D eigenvalue weighted by Crippen LogP contribution is 2.09. The van der Waals surface area contributed by atoms with Crippen LogP contribution in [0.15, 0.2) is 88.6 Å². The first kappa shape index (κ1) is 20.9. The van der Waals surface area contributed by atoms with Crippen molar-refractivity contribution in [3.8, 4) is 5.69 Å². The van der Waals surface area contributed by atoms with Gasteiger partial charge in [-0.25, -0.2) is 9.18 Å². The molecule has 2 aromatic heterocycles. The Morgan fingerprint density at radius 2 is 1.66 bits per heavy atom. The van der Waals surface area contributed by atoms with Crippen LogP contribution in [0.3, 0.4) is 0 Å². The van der Waals surface area contributed by atoms with Crippen molar-refractivity contribution in [1.29, 1.82) is 0 Å². The van der Waals surface area contributed by atoms with E-state index in [2.05, 4.69) is 15.4 Å². The van der Waals surface area contributed by atoms with E-state index < -0.39 is 28.7 Å². The van der Waals surface area contributed by atoms with Gasteiger partial charge < -0.3 is 5.32 Å². The highest BCUT2D eigenvalue weighted by atomic mass is 19.1. The van der Waals surface area contributed by atoms with Crippen LogP contribution in [-0.2, 0) is 13.1 Å². The maximum Gasteiger partial charge on any atom is 0.352 e. The van der Waals surface area contributed by atoms with E-state index in [9.17, 15) is 18.8 Å². The summed E-state index contributed by atoms with van der Waals surface area (Å²) < 4.78 is 16.0. The molecule has 0 aliphatic carbocycles. The van der Waals surface area contributed by atoms with Crippen LogP contribution in [0.4, 0.5) is 4.39 Å². The molecule has 0 bridgehead atoms. The molecule has 0 spiro atoms. The summed E-state index contributed by atoms with van der Waals surface area (Å²) in [6, 6.07) is 19.5. The molecule has 0 saturated heterocycles. The molecule has 0 aliphatic heterocycles. The highest BCUT2D eigenvalue weighted by molar-refractivity contribution is 5.91. The average Bonchev–Trinajstić information content (AvgIpc) is 2.82. The Hall–Kier alpha value is -4.40. The van der Waals surface area contributed by atoms with E-state index in [-0.39, 0.29) is 18.8 Å². The van der Waals surface area contributed by atoms with Gasteiger partial charge in [0.1, 0.15) is 11.5 Å². The largest absolute Gasteiger partial charge is 0.352 e. The minimum atomic E-state index is -0.870. The van der Waals surface area contributed by atoms with Crippen LogP contribution in [0, 0.1) is 5.82 Å². The molecule has 8 nitrogen and oxygen atoms in total. The zero-order valence-electron chi connectivity index (χ0n) is 16.8. The number of hydrogen-bond donors (Lipinski definition) is 1. The van der Waals surface area contributed by atoms with Gasteiger partial charge in [0.05, 0.1) is 18.8 Å². The topological polar surface area (TPSA) is 98.9 Å². The fraction of sp³-hybridized carbons (Fsp3) is 0.0870. The third-order valence-corrected chi connectivity index (χ3v) is 4.70. The smallest absolute Gasteiger partial charge is 0.345 e. The van der Waals surface area contributed by atoms with Crippen LogP contribution >= 0.6 is 0 Å². The number of rotatable bonds is 6. The SMILES string of the molecule is O=C(NCc1ccccn1)c1nn(-c2ccccc2F)c(=O)n(Cc2ccccc2)c1=O. The lowest BCUT2D eigenvalue weighted by Crippen LogP contribution is -2.46. The minimum absolute atomic E-state index is 0.0539. The van der Waals surface area contributed by atoms with Crippen LogP contribution in [0.25, 0.3) is 5.69 Å². The number of amides is 1. The second-order valence-electron chi connectivity index (χ2n) is 6.88. The molecule has 0 aliphatic rings. The normalized spacial score (nSPS) is 10.7. The number of nitrogens with one attached hydrogen (secondary N) is 1. The van der Waals surface area contributed by atoms with E-state index >= 15 is 0 Å². The standard InChI is InChI=1S/C23H18FN5O3/c24-18-11-4-5-12-19(18)29-23(32)28(15-16-8-2-1-3-9-16)22(31)20(27-29)21(30)26-14-17-10-6-7-13-25-17/h1-13H,14-15H2,(H,26,30). The van der Waals surface area contributed by atoms with E-state index in [0.717, 1.165) is 15.3 Å². The number of nitrogens with zero attached hydrogens (tertiary/aromatic N) is 4. The Balaban J connectivity index is 1.80. The van der Waals surface area contributed by atoms with Crippen molar-refractivity contribution in [3.63, 3.8) is 0 Å². The highest BCUT2D eigenvalue weighted by Gasteiger charge is 2.21. The fourth-order valence-electron chi connectivity index (χ4n) is 3.10. The maximum atomic E-state index is 14.4. The van der Waals surface area contributed by atoms with E-state index in [1.807, 2.05) is 0 Å². The molecule has 160 valence electrons. The summed E-state index contributed by atoms with van der Waals surface area (Å²) in [7, 11) is 0. The molecular weight excluding hydrogens is 413 g/mol. The number of carbonyl (C=O) groups is 1. The number of benzene rings is 2. The van der Waals surface area contributed by atoms with Crippen molar-refractivity contribution in [2.45, 2.75) is 13.1 Å². The van der Waals surface area contributed by atoms with Crippen molar-refractivity contribution >= 4 is 5.91 Å². The van der Waals surface area contributed by atoms with Crippen LogP contribution in [0.2, 0.25) is 0 Å². The van der Waals surface area contributed by atoms with Crippen molar-refractivity contribution in [1.82, 2.24) is 24.6 Å². The maximum absolute atomic E-state index is 14.4. The molecule has 32 heavy (non-hydrogen) atoms. The number of carbonyl (C=O) groups excluding carboxylic acids is 1. The number of halogens is 1. The van der Waals surface area contributed by atoms with Gasteiger partial charge in [0.2, 0.25) is 5.69 Å². The number of para-hydroxylation sites is 1. The zero-order chi connectivity index (χ0) is 22.5. The first-order valence-electron chi connectivity index (χ1n) is 9.75. The molecule has 4 rings (SSSR count). The van der Waals surface area contributed by atoms with Gasteiger partial charge in [0, 0.05) is 6.20 Å². The van der Waals surface area contributed by atoms with Gasteiger partial charge in [-0.2, -0.15) is 9.78 Å². The first-order valence-corrected chi connectivity index (χ1v) is 9.75. The summed E-state index contributed by atoms with van der Waals surface area (Å²) in [6.07, 6.45) is 1.57. The van der Waals surface area contributed by atoms with Crippen molar-refractivity contribution in [2.75, 3.05) is 0 Å². The predicted molar refractivity (Wildman–Crippen MR) is 115 cm³/mol. The van der Waals surface area contributed by atoms with Crippen molar-refractivity contribution in [2.24, 2.45) is 0 Å². The van der Waals surface area contributed by atoms with Crippen LogP contribution in [-0.4, -0.2) is 25.2 Å². The lowest BCUT2D eigenvalue weighted by Gasteiger charge is -2.13. The Morgan fingerprint density at radius 3 is 2.38 bits per heavy atom. The summed E-state index contributed by atoms with van der Waals surface area (Å²) in [5, 5.41) is 6.49. The molecule has 1 N–H and O–H groups in total. The fourth-order valence-corrected chi connectivity index (χ4v) is 3.10. The lowest BCUT2D eigenvalue weighted by molar-refractivity contribution is 0.0940. The Morgan fingerprint density at radius 1 is 0.938 bits per heavy atom. The van der Waals surface area contributed by atoms with Gasteiger partial charge in [-0.15, -0.1) is 0 Å². The molecule has 4 aromatic rings. The molecule has 9 heteroatoms. The first-order chi connectivity index (χ1) is 15.5. The number of pyridine rings is 1. The van der Waals surface area contributed by atoms with Crippen LogP contribution in [0.1, 0.15) is 21.7 Å². The quantitative estimate of drug-likeness (QED) is 0.503. The molecule has 0 saturated carbocycles. The van der Waals surface area contributed by atoms with Gasteiger partial charge >= 0.3 is 5.69 Å². The molecule has 1 amide bonds. The number of aromatic nitrogens is 4. The van der Waals surface area contributed by atoms with Gasteiger partial charge in [0.25, 0.3) is 11.5 Å². The van der Waals surface area contributed by atoms with E-state index in [1.54, 1.807) is 54.7 Å².